The van der Waals surface area contributed by atoms with Gasteiger partial charge in [-0.05, 0) is 0 Å². The molecule has 0 saturated heterocycles. The number of rotatable bonds is 1. The Labute approximate surface area is 54.8 Å². The standard InChI is InChI=1S/C2H4NO6P/c4-1(5)3-2(6)10(7,8)9/h(H,3,6)(H,4,5)(H2,7,8,9). The van der Waals surface area contributed by atoms with Gasteiger partial charge in [0.05, 0.1) is 0 Å². The van der Waals surface area contributed by atoms with Crippen molar-refractivity contribution in [3.05, 3.63) is 0 Å². The molecule has 0 bridgehead atoms. The number of imide groups is 1. The van der Waals surface area contributed by atoms with E-state index in [4.69, 9.17) is 14.9 Å². The molecule has 0 radical (unpaired) electrons. The van der Waals surface area contributed by atoms with Crippen LogP contribution in [0, 0.1) is 0 Å². The Morgan fingerprint density at radius 3 is 1.80 bits per heavy atom. The minimum Gasteiger partial charge on any atom is -0.465 e. The third-order valence-corrected chi connectivity index (χ3v) is 1.12. The van der Waals surface area contributed by atoms with Gasteiger partial charge in [-0.2, -0.15) is 0 Å². The van der Waals surface area contributed by atoms with E-state index >= 15 is 0 Å². The van der Waals surface area contributed by atoms with E-state index in [-0.39, 0.29) is 0 Å². The molecule has 2 amide bonds. The molecule has 10 heavy (non-hydrogen) atoms. The lowest BCUT2D eigenvalue weighted by molar-refractivity contribution is 0.193. The second kappa shape index (κ2) is 2.78. The van der Waals surface area contributed by atoms with Gasteiger partial charge in [-0.3, -0.25) is 10.1 Å². The minimum atomic E-state index is -4.94. The van der Waals surface area contributed by atoms with Crippen molar-refractivity contribution in [1.29, 1.82) is 0 Å². The molecule has 0 rings (SSSR count). The third-order valence-electron chi connectivity index (χ3n) is 0.478. The Bertz CT molecular complexity index is 204. The molecule has 0 aliphatic carbocycles. The molecule has 0 atom stereocenters. The van der Waals surface area contributed by atoms with Crippen molar-refractivity contribution in [3.63, 3.8) is 0 Å². The minimum absolute atomic E-state index is 0.997. The zero-order valence-electron chi connectivity index (χ0n) is 4.51. The number of amides is 2. The van der Waals surface area contributed by atoms with Gasteiger partial charge in [0.25, 0.3) is 0 Å². The van der Waals surface area contributed by atoms with Crippen molar-refractivity contribution in [3.8, 4) is 0 Å². The van der Waals surface area contributed by atoms with Gasteiger partial charge in [-0.15, -0.1) is 0 Å². The fourth-order valence-electron chi connectivity index (χ4n) is 0.164. The number of carboxylic acid groups (broad SMARTS) is 1. The number of hydrogen-bond donors (Lipinski definition) is 4. The van der Waals surface area contributed by atoms with Crippen molar-refractivity contribution in [2.24, 2.45) is 0 Å². The normalized spacial score (nSPS) is 10.6. The van der Waals surface area contributed by atoms with E-state index in [0.717, 1.165) is 5.32 Å². The molecule has 4 N–H and O–H groups in total. The van der Waals surface area contributed by atoms with Crippen LogP contribution >= 0.6 is 7.60 Å². The van der Waals surface area contributed by atoms with E-state index in [0.29, 0.717) is 0 Å². The Morgan fingerprint density at radius 1 is 1.30 bits per heavy atom. The zero-order chi connectivity index (χ0) is 8.36. The molecule has 58 valence electrons. The van der Waals surface area contributed by atoms with Crippen LogP contribution in [0.25, 0.3) is 0 Å². The molecule has 0 aromatic carbocycles. The van der Waals surface area contributed by atoms with Gasteiger partial charge < -0.3 is 14.9 Å². The van der Waals surface area contributed by atoms with E-state index in [1.54, 1.807) is 0 Å². The van der Waals surface area contributed by atoms with Crippen molar-refractivity contribution in [1.82, 2.24) is 5.32 Å². The summed E-state index contributed by atoms with van der Waals surface area (Å²) in [4.78, 5) is 35.5. The summed E-state index contributed by atoms with van der Waals surface area (Å²) in [7, 11) is -4.94. The van der Waals surface area contributed by atoms with Crippen LogP contribution in [-0.2, 0) is 4.57 Å². The smallest absolute Gasteiger partial charge is 0.413 e. The van der Waals surface area contributed by atoms with Crippen LogP contribution < -0.4 is 5.32 Å². The van der Waals surface area contributed by atoms with E-state index in [9.17, 15) is 14.2 Å². The first-order valence-electron chi connectivity index (χ1n) is 1.94. The summed E-state index contributed by atoms with van der Waals surface area (Å²) in [6.45, 7) is 0. The Kier molecular flexibility index (Phi) is 2.53. The van der Waals surface area contributed by atoms with Gasteiger partial charge in [-0.25, -0.2) is 9.36 Å². The number of carbonyl (C=O) groups excluding carboxylic acids is 1. The highest BCUT2D eigenvalue weighted by Gasteiger charge is 2.27. The van der Waals surface area contributed by atoms with E-state index < -0.39 is 19.3 Å². The van der Waals surface area contributed by atoms with Crippen molar-refractivity contribution >= 4 is 19.3 Å². The van der Waals surface area contributed by atoms with E-state index in [2.05, 4.69) is 0 Å². The van der Waals surface area contributed by atoms with Crippen molar-refractivity contribution in [2.75, 3.05) is 0 Å². The van der Waals surface area contributed by atoms with Crippen LogP contribution in [-0.4, -0.2) is 26.6 Å². The summed E-state index contributed by atoms with van der Waals surface area (Å²) in [5, 5.41) is 8.77. The number of hydrogen-bond acceptors (Lipinski definition) is 3. The fourth-order valence-corrected chi connectivity index (χ4v) is 0.406. The van der Waals surface area contributed by atoms with Crippen LogP contribution in [0.2, 0.25) is 0 Å². The van der Waals surface area contributed by atoms with Gasteiger partial charge in [0.15, 0.2) is 0 Å². The zero-order valence-corrected chi connectivity index (χ0v) is 5.41. The number of nitrogens with one attached hydrogen (secondary N) is 1. The lowest BCUT2D eigenvalue weighted by atomic mass is 11.1. The summed E-state index contributed by atoms with van der Waals surface area (Å²) in [5.41, 5.74) is -1.82. The molecule has 0 saturated carbocycles. The largest absolute Gasteiger partial charge is 0.465 e. The maximum atomic E-state index is 10.0. The molecule has 0 heterocycles. The molecule has 0 unspecified atom stereocenters. The fraction of sp³-hybridized carbons (Fsp3) is 0. The van der Waals surface area contributed by atoms with Crippen molar-refractivity contribution in [2.45, 2.75) is 0 Å². The lowest BCUT2D eigenvalue weighted by Gasteiger charge is -1.99. The summed E-state index contributed by atoms with van der Waals surface area (Å²) in [6.07, 6.45) is -1.80. The first kappa shape index (κ1) is 9.09. The predicted octanol–water partition coefficient (Wildman–Crippen LogP) is -0.448. The molecule has 0 aromatic rings. The summed E-state index contributed by atoms with van der Waals surface area (Å²) in [5.74, 6) is 0. The lowest BCUT2D eigenvalue weighted by Crippen LogP contribution is -2.26. The van der Waals surface area contributed by atoms with Gasteiger partial charge in [0, 0.05) is 0 Å². The molecule has 0 aliphatic heterocycles. The first-order chi connectivity index (χ1) is 4.34. The maximum Gasteiger partial charge on any atom is 0.413 e. The van der Waals surface area contributed by atoms with E-state index in [1.807, 2.05) is 0 Å². The predicted molar refractivity (Wildman–Crippen MR) is 28.6 cm³/mol. The molecular formula is C2H4NO6P. The quantitative estimate of drug-likeness (QED) is 0.394. The summed E-state index contributed by atoms with van der Waals surface area (Å²) >= 11 is 0. The van der Waals surface area contributed by atoms with Gasteiger partial charge in [0.2, 0.25) is 0 Å². The maximum absolute atomic E-state index is 10.0. The van der Waals surface area contributed by atoms with Crippen LogP contribution in [0.1, 0.15) is 0 Å². The van der Waals surface area contributed by atoms with Crippen LogP contribution in [0.5, 0.6) is 0 Å². The van der Waals surface area contributed by atoms with Crippen molar-refractivity contribution < 1.29 is 29.0 Å². The third kappa shape index (κ3) is 3.18. The Balaban J connectivity index is 4.13. The second-order valence-electron chi connectivity index (χ2n) is 1.28. The monoisotopic (exact) mass is 169 g/mol. The van der Waals surface area contributed by atoms with E-state index in [1.165, 1.54) is 0 Å². The average Bonchev–Trinajstić information content (AvgIpc) is 1.60. The highest BCUT2D eigenvalue weighted by atomic mass is 31.2. The highest BCUT2D eigenvalue weighted by Crippen LogP contribution is 2.34. The topological polar surface area (TPSA) is 124 Å². The SMILES string of the molecule is O=C(O)NC(=O)P(=O)(O)O. The van der Waals surface area contributed by atoms with Crippen LogP contribution in [0.3, 0.4) is 0 Å². The second-order valence-corrected chi connectivity index (χ2v) is 2.77. The van der Waals surface area contributed by atoms with Crippen LogP contribution in [0.15, 0.2) is 0 Å². The van der Waals surface area contributed by atoms with Gasteiger partial charge >= 0.3 is 19.3 Å². The van der Waals surface area contributed by atoms with Gasteiger partial charge in [-0.1, -0.05) is 0 Å². The molecule has 7 nitrogen and oxygen atoms in total. The highest BCUT2D eigenvalue weighted by molar-refractivity contribution is 7.70. The molecule has 0 fully saturated rings. The molecule has 8 heteroatoms. The molecule has 0 aliphatic rings. The molecular weight excluding hydrogens is 165 g/mol. The average molecular weight is 169 g/mol. The Morgan fingerprint density at radius 2 is 1.70 bits per heavy atom. The molecule has 0 aromatic heterocycles. The summed E-state index contributed by atoms with van der Waals surface area (Å²) in [6, 6.07) is 0. The first-order valence-corrected chi connectivity index (χ1v) is 3.55. The molecule has 0 spiro atoms. The number of carbonyl (C=O) groups is 2. The Hall–Kier alpha value is -0.910. The van der Waals surface area contributed by atoms with Crippen LogP contribution in [0.4, 0.5) is 9.59 Å². The summed E-state index contributed by atoms with van der Waals surface area (Å²) < 4.78 is 9.89. The van der Waals surface area contributed by atoms with Gasteiger partial charge in [0.1, 0.15) is 0 Å².